The molecule has 0 saturated heterocycles. The van der Waals surface area contributed by atoms with Gasteiger partial charge >= 0.3 is 116 Å². The molecule has 0 bridgehead atoms. The van der Waals surface area contributed by atoms with Crippen molar-refractivity contribution in [3.05, 3.63) is 0 Å². The van der Waals surface area contributed by atoms with Gasteiger partial charge in [-0.1, -0.05) is 0 Å². The summed E-state index contributed by atoms with van der Waals surface area (Å²) in [5.74, 6) is 0. The van der Waals surface area contributed by atoms with Gasteiger partial charge in [0.1, 0.15) is 0 Å². The van der Waals surface area contributed by atoms with Gasteiger partial charge in [-0.2, -0.15) is 0 Å². The molecule has 5 heteroatoms. The third-order valence-electron chi connectivity index (χ3n) is 2.48. The van der Waals surface area contributed by atoms with Crippen molar-refractivity contribution in [2.75, 3.05) is 0 Å². The average Bonchev–Trinajstić information content (AvgIpc) is 2.22. The second-order valence-corrected chi connectivity index (χ2v) is 29.6. The molecule has 0 fully saturated rings. The van der Waals surface area contributed by atoms with E-state index in [0.717, 1.165) is 21.7 Å². The summed E-state index contributed by atoms with van der Waals surface area (Å²) < 4.78 is 2.30. The first kappa shape index (κ1) is 17.8. The number of carbonyl (C=O) groups is 2. The van der Waals surface area contributed by atoms with Crippen molar-refractivity contribution in [1.82, 2.24) is 0 Å². The van der Waals surface area contributed by atoms with Crippen LogP contribution >= 0.6 is 17.9 Å². The number of rotatable bonds is 8. The zero-order valence-corrected chi connectivity index (χ0v) is 15.9. The summed E-state index contributed by atoms with van der Waals surface area (Å²) in [6, 6.07) is 0. The Morgan fingerprint density at radius 2 is 1.24 bits per heavy atom. The summed E-state index contributed by atoms with van der Waals surface area (Å²) in [5, 5.41) is 0.420. The van der Waals surface area contributed by atoms with E-state index in [1.165, 1.54) is 12.8 Å². The Hall–Kier alpha value is 0.839. The number of hydrogen-bond donors (Lipinski definition) is 0. The Kier molecular flexibility index (Phi) is 10.2. The first-order valence-corrected chi connectivity index (χ1v) is 19.0. The number of carbonyl (C=O) groups excluding carboxylic acids is 2. The minimum absolute atomic E-state index is 0.210. The first-order valence-electron chi connectivity index (χ1n) is 6.35. The van der Waals surface area contributed by atoms with Crippen LogP contribution in [0.25, 0.3) is 0 Å². The van der Waals surface area contributed by atoms with Crippen LogP contribution in [0.5, 0.6) is 0 Å². The van der Waals surface area contributed by atoms with Gasteiger partial charge in [0.25, 0.3) is 0 Å². The maximum absolute atomic E-state index is 11.5. The SMILES string of the molecule is CCC[CH2][Sn]([CH2]CCC)([S]C(C)=O)[S]C(C)=O. The molecule has 0 aliphatic heterocycles. The van der Waals surface area contributed by atoms with Crippen molar-refractivity contribution in [2.24, 2.45) is 0 Å². The van der Waals surface area contributed by atoms with Gasteiger partial charge in [0, 0.05) is 0 Å². The summed E-state index contributed by atoms with van der Waals surface area (Å²) in [7, 11) is 3.14. The van der Waals surface area contributed by atoms with Crippen LogP contribution in [-0.2, 0) is 9.59 Å². The van der Waals surface area contributed by atoms with E-state index in [4.69, 9.17) is 0 Å². The molecule has 0 aliphatic rings. The van der Waals surface area contributed by atoms with E-state index >= 15 is 0 Å². The minimum atomic E-state index is -2.65. The zero-order valence-electron chi connectivity index (χ0n) is 11.4. The molecule has 2 nitrogen and oxygen atoms in total. The molecule has 0 unspecified atom stereocenters. The van der Waals surface area contributed by atoms with Gasteiger partial charge in [-0.15, -0.1) is 0 Å². The Morgan fingerprint density at radius 3 is 1.47 bits per heavy atom. The van der Waals surface area contributed by atoms with Gasteiger partial charge < -0.3 is 0 Å². The monoisotopic (exact) mass is 384 g/mol. The third kappa shape index (κ3) is 8.54. The second kappa shape index (κ2) is 9.73. The van der Waals surface area contributed by atoms with Crippen LogP contribution in [0.4, 0.5) is 0 Å². The van der Waals surface area contributed by atoms with E-state index in [2.05, 4.69) is 13.8 Å². The molecule has 0 aromatic carbocycles. The molecule has 0 radical (unpaired) electrons. The predicted molar refractivity (Wildman–Crippen MR) is 81.7 cm³/mol. The van der Waals surface area contributed by atoms with E-state index in [1.807, 2.05) is 0 Å². The van der Waals surface area contributed by atoms with Crippen LogP contribution in [0.3, 0.4) is 0 Å². The zero-order chi connectivity index (χ0) is 13.3. The van der Waals surface area contributed by atoms with Gasteiger partial charge in [-0.05, 0) is 0 Å². The van der Waals surface area contributed by atoms with Gasteiger partial charge in [0.05, 0.1) is 0 Å². The number of hydrogen-bond acceptors (Lipinski definition) is 4. The van der Waals surface area contributed by atoms with Crippen molar-refractivity contribution in [2.45, 2.75) is 62.3 Å². The van der Waals surface area contributed by atoms with Crippen molar-refractivity contribution in [1.29, 1.82) is 0 Å². The predicted octanol–water partition coefficient (Wildman–Crippen LogP) is 4.59. The summed E-state index contributed by atoms with van der Waals surface area (Å²) >= 11 is -2.65. The molecule has 17 heavy (non-hydrogen) atoms. The summed E-state index contributed by atoms with van der Waals surface area (Å²) in [5.41, 5.74) is 0. The molecule has 0 saturated carbocycles. The molecule has 0 rings (SSSR count). The Bertz CT molecular complexity index is 231. The third-order valence-corrected chi connectivity index (χ3v) is 30.3. The second-order valence-electron chi connectivity index (χ2n) is 4.31. The molecular formula is C12H24O2S2Sn. The van der Waals surface area contributed by atoms with Crippen LogP contribution in [0.15, 0.2) is 0 Å². The first-order chi connectivity index (χ1) is 7.95. The molecule has 100 valence electrons. The molecule has 0 aromatic heterocycles. The molecule has 0 spiro atoms. The van der Waals surface area contributed by atoms with E-state index in [1.54, 1.807) is 31.7 Å². The van der Waals surface area contributed by atoms with Gasteiger partial charge in [-0.3, -0.25) is 0 Å². The van der Waals surface area contributed by atoms with Crippen molar-refractivity contribution in [3.8, 4) is 0 Å². The van der Waals surface area contributed by atoms with Crippen LogP contribution in [0, 0.1) is 0 Å². The van der Waals surface area contributed by atoms with Crippen LogP contribution < -0.4 is 0 Å². The van der Waals surface area contributed by atoms with Crippen LogP contribution in [-0.4, -0.2) is 25.8 Å². The average molecular weight is 383 g/mol. The number of unbranched alkanes of at least 4 members (excludes halogenated alkanes) is 2. The Morgan fingerprint density at radius 1 is 0.882 bits per heavy atom. The topological polar surface area (TPSA) is 34.1 Å². The van der Waals surface area contributed by atoms with Crippen molar-refractivity contribution >= 4 is 43.7 Å². The van der Waals surface area contributed by atoms with Gasteiger partial charge in [-0.25, -0.2) is 0 Å². The summed E-state index contributed by atoms with van der Waals surface area (Å²) in [6.45, 7) is 7.64. The maximum atomic E-state index is 11.5. The Labute approximate surface area is 115 Å². The van der Waals surface area contributed by atoms with E-state index < -0.39 is 15.6 Å². The molecule has 0 N–H and O–H groups in total. The molecule has 0 aliphatic carbocycles. The fourth-order valence-corrected chi connectivity index (χ4v) is 31.3. The van der Waals surface area contributed by atoms with Crippen LogP contribution in [0.2, 0.25) is 8.87 Å². The van der Waals surface area contributed by atoms with Crippen molar-refractivity contribution in [3.63, 3.8) is 0 Å². The molecule has 0 atom stereocenters. The van der Waals surface area contributed by atoms with E-state index in [0.29, 0.717) is 0 Å². The van der Waals surface area contributed by atoms with Crippen molar-refractivity contribution < 1.29 is 9.59 Å². The normalized spacial score (nSPS) is 11.5. The van der Waals surface area contributed by atoms with Gasteiger partial charge in [0.2, 0.25) is 0 Å². The van der Waals surface area contributed by atoms with E-state index in [-0.39, 0.29) is 10.2 Å². The summed E-state index contributed by atoms with van der Waals surface area (Å²) in [6.07, 6.45) is 4.64. The molecule has 0 aromatic rings. The Balaban J connectivity index is 4.75. The standard InChI is InChI=1S/2C4H9.2C2H4OS.Sn/c2*1-3-4-2;2*1-2(3)4;/h2*1,3-4H2,2H3;2*1H3,(H,3,4);/q;;;;+2/p-2. The van der Waals surface area contributed by atoms with Gasteiger partial charge in [0.15, 0.2) is 0 Å². The van der Waals surface area contributed by atoms with Crippen LogP contribution in [0.1, 0.15) is 53.4 Å². The quantitative estimate of drug-likeness (QED) is 0.575. The molecular weight excluding hydrogens is 359 g/mol. The molecule has 0 amide bonds. The molecule has 0 heterocycles. The fourth-order valence-electron chi connectivity index (χ4n) is 1.77. The van der Waals surface area contributed by atoms with E-state index in [9.17, 15) is 9.59 Å². The fraction of sp³-hybridized carbons (Fsp3) is 0.833. The summed E-state index contributed by atoms with van der Waals surface area (Å²) in [4.78, 5) is 22.9.